The monoisotopic (exact) mass is 412 g/mol. The van der Waals surface area contributed by atoms with Gasteiger partial charge in [0.05, 0.1) is 7.11 Å². The first-order valence-electron chi connectivity index (χ1n) is 10.7. The van der Waals surface area contributed by atoms with Gasteiger partial charge in [-0.3, -0.25) is 4.79 Å². The second-order valence-corrected chi connectivity index (χ2v) is 8.59. The van der Waals surface area contributed by atoms with E-state index in [2.05, 4.69) is 14.8 Å². The fourth-order valence-corrected chi connectivity index (χ4v) is 4.84. The average Bonchev–Trinajstić information content (AvgIpc) is 3.41. The third kappa shape index (κ3) is 3.64. The molecule has 3 aliphatic rings. The number of carbonyl (C=O) groups excluding carboxylic acids is 1. The maximum atomic E-state index is 13.0. The highest BCUT2D eigenvalue weighted by Gasteiger charge is 2.51. The summed E-state index contributed by atoms with van der Waals surface area (Å²) in [5.41, 5.74) is 0.00764. The van der Waals surface area contributed by atoms with Crippen LogP contribution in [-0.4, -0.2) is 65.6 Å². The molecule has 0 bridgehead atoms. The number of ether oxygens (including phenoxy) is 3. The lowest BCUT2D eigenvalue weighted by Gasteiger charge is -2.37. The van der Waals surface area contributed by atoms with E-state index in [9.17, 15) is 4.79 Å². The van der Waals surface area contributed by atoms with Crippen LogP contribution in [0.2, 0.25) is 0 Å². The average molecular weight is 412 g/mol. The van der Waals surface area contributed by atoms with Crippen molar-refractivity contribution in [2.75, 3.05) is 40.0 Å². The first kappa shape index (κ1) is 19.4. The normalized spacial score (nSPS) is 23.0. The zero-order chi connectivity index (χ0) is 20.6. The Morgan fingerprint density at radius 2 is 1.93 bits per heavy atom. The molecule has 1 aromatic heterocycles. The summed E-state index contributed by atoms with van der Waals surface area (Å²) < 4.78 is 18.8. The number of amides is 1. The molecule has 1 aliphatic carbocycles. The molecule has 2 saturated heterocycles. The number of hydrogen-bond acceptors (Lipinski definition) is 6. The lowest BCUT2D eigenvalue weighted by atomic mass is 9.71. The maximum Gasteiger partial charge on any atom is 0.260 e. The van der Waals surface area contributed by atoms with E-state index in [4.69, 9.17) is 14.2 Å². The third-order valence-electron chi connectivity index (χ3n) is 6.76. The summed E-state index contributed by atoms with van der Waals surface area (Å²) in [7, 11) is 1.62. The van der Waals surface area contributed by atoms with Crippen molar-refractivity contribution in [1.29, 1.82) is 0 Å². The summed E-state index contributed by atoms with van der Waals surface area (Å²) in [5, 5.41) is 8.71. The molecule has 2 aromatic rings. The minimum atomic E-state index is 0.00764. The van der Waals surface area contributed by atoms with Gasteiger partial charge in [-0.2, -0.15) is 0 Å². The molecular weight excluding hydrogens is 384 g/mol. The molecule has 5 rings (SSSR count). The summed E-state index contributed by atoms with van der Waals surface area (Å²) in [4.78, 5) is 15.0. The molecule has 8 heteroatoms. The Balaban J connectivity index is 1.30. The molecule has 160 valence electrons. The molecule has 1 atom stereocenters. The van der Waals surface area contributed by atoms with Gasteiger partial charge in [-0.05, 0) is 49.9 Å². The second-order valence-electron chi connectivity index (χ2n) is 8.59. The maximum absolute atomic E-state index is 13.0. The van der Waals surface area contributed by atoms with Crippen LogP contribution in [0.15, 0.2) is 30.6 Å². The predicted molar refractivity (Wildman–Crippen MR) is 109 cm³/mol. The molecule has 3 heterocycles. The number of methoxy groups -OCH3 is 1. The number of nitrogens with zero attached hydrogens (tertiary/aromatic N) is 4. The van der Waals surface area contributed by atoms with E-state index >= 15 is 0 Å². The molecule has 1 amide bonds. The minimum absolute atomic E-state index is 0.00764. The van der Waals surface area contributed by atoms with Gasteiger partial charge in [0.2, 0.25) is 0 Å². The van der Waals surface area contributed by atoms with Crippen LogP contribution in [0, 0.1) is 5.41 Å². The highest BCUT2D eigenvalue weighted by Crippen LogP contribution is 2.50. The number of carbonyl (C=O) groups is 1. The van der Waals surface area contributed by atoms with Gasteiger partial charge < -0.3 is 23.7 Å². The Morgan fingerprint density at radius 1 is 1.20 bits per heavy atom. The summed E-state index contributed by atoms with van der Waals surface area (Å²) in [6, 6.07) is 7.81. The topological polar surface area (TPSA) is 78.7 Å². The molecular formula is C22H28N4O4. The Labute approximate surface area is 176 Å². The standard InChI is InChI=1S/C22H28N4O4/c1-28-17-4-6-18(7-5-17)30-13-20(27)25-12-19(22(14-25)8-10-29-11-9-22)21-24-23-15-26(21)16-2-3-16/h4-7,15-16,19H,2-3,8-14H2,1H3. The molecule has 30 heavy (non-hydrogen) atoms. The largest absolute Gasteiger partial charge is 0.497 e. The fourth-order valence-electron chi connectivity index (χ4n) is 4.84. The van der Waals surface area contributed by atoms with Crippen molar-refractivity contribution in [3.63, 3.8) is 0 Å². The number of hydrogen-bond donors (Lipinski definition) is 0. The van der Waals surface area contributed by atoms with Crippen LogP contribution in [0.5, 0.6) is 11.5 Å². The van der Waals surface area contributed by atoms with Crippen molar-refractivity contribution in [2.24, 2.45) is 5.41 Å². The van der Waals surface area contributed by atoms with Crippen LogP contribution in [0.4, 0.5) is 0 Å². The van der Waals surface area contributed by atoms with Crippen molar-refractivity contribution < 1.29 is 19.0 Å². The van der Waals surface area contributed by atoms with Crippen molar-refractivity contribution in [3.8, 4) is 11.5 Å². The molecule has 2 aliphatic heterocycles. The van der Waals surface area contributed by atoms with Gasteiger partial charge in [-0.15, -0.1) is 10.2 Å². The van der Waals surface area contributed by atoms with Crippen LogP contribution in [0.1, 0.15) is 43.5 Å². The molecule has 0 radical (unpaired) electrons. The first-order chi connectivity index (χ1) is 14.7. The predicted octanol–water partition coefficient (Wildman–Crippen LogP) is 2.42. The lowest BCUT2D eigenvalue weighted by molar-refractivity contribution is -0.133. The van der Waals surface area contributed by atoms with Crippen molar-refractivity contribution in [1.82, 2.24) is 19.7 Å². The second kappa shape index (κ2) is 7.91. The summed E-state index contributed by atoms with van der Waals surface area (Å²) in [6.07, 6.45) is 6.12. The minimum Gasteiger partial charge on any atom is -0.497 e. The molecule has 0 N–H and O–H groups in total. The highest BCUT2D eigenvalue weighted by atomic mass is 16.5. The SMILES string of the molecule is COc1ccc(OCC(=O)N2CC(c3nncn3C3CC3)C3(CCOCC3)C2)cc1. The van der Waals surface area contributed by atoms with Crippen LogP contribution in [0.25, 0.3) is 0 Å². The van der Waals surface area contributed by atoms with E-state index in [1.807, 2.05) is 35.5 Å². The first-order valence-corrected chi connectivity index (χ1v) is 10.7. The zero-order valence-electron chi connectivity index (χ0n) is 17.3. The molecule has 1 spiro atoms. The van der Waals surface area contributed by atoms with Crippen LogP contribution < -0.4 is 9.47 Å². The van der Waals surface area contributed by atoms with E-state index in [-0.39, 0.29) is 23.8 Å². The Morgan fingerprint density at radius 3 is 2.63 bits per heavy atom. The van der Waals surface area contributed by atoms with Crippen molar-refractivity contribution in [3.05, 3.63) is 36.4 Å². The number of likely N-dealkylation sites (tertiary alicyclic amines) is 1. The highest BCUT2D eigenvalue weighted by molar-refractivity contribution is 5.78. The Kier molecular flexibility index (Phi) is 5.10. The van der Waals surface area contributed by atoms with E-state index in [1.54, 1.807) is 7.11 Å². The Bertz CT molecular complexity index is 887. The van der Waals surface area contributed by atoms with Gasteiger partial charge in [0, 0.05) is 43.7 Å². The van der Waals surface area contributed by atoms with Crippen LogP contribution >= 0.6 is 0 Å². The van der Waals surface area contributed by atoms with Crippen LogP contribution in [-0.2, 0) is 9.53 Å². The molecule has 1 saturated carbocycles. The van der Waals surface area contributed by atoms with Gasteiger partial charge >= 0.3 is 0 Å². The number of rotatable bonds is 6. The van der Waals surface area contributed by atoms with Crippen LogP contribution in [0.3, 0.4) is 0 Å². The van der Waals surface area contributed by atoms with Gasteiger partial charge in [0.1, 0.15) is 23.7 Å². The lowest BCUT2D eigenvalue weighted by Crippen LogP contribution is -2.38. The van der Waals surface area contributed by atoms with Gasteiger partial charge in [-0.25, -0.2) is 0 Å². The van der Waals surface area contributed by atoms with E-state index < -0.39 is 0 Å². The van der Waals surface area contributed by atoms with E-state index in [0.717, 1.165) is 44.2 Å². The zero-order valence-corrected chi connectivity index (χ0v) is 17.3. The molecule has 1 aromatic carbocycles. The summed E-state index contributed by atoms with van der Waals surface area (Å²) in [6.45, 7) is 2.89. The van der Waals surface area contributed by atoms with Gasteiger partial charge in [-0.1, -0.05) is 0 Å². The Hall–Kier alpha value is -2.61. The van der Waals surface area contributed by atoms with E-state index in [1.165, 1.54) is 12.8 Å². The summed E-state index contributed by atoms with van der Waals surface area (Å²) >= 11 is 0. The van der Waals surface area contributed by atoms with Crippen molar-refractivity contribution >= 4 is 5.91 Å². The number of benzene rings is 1. The quantitative estimate of drug-likeness (QED) is 0.725. The number of aromatic nitrogens is 3. The summed E-state index contributed by atoms with van der Waals surface area (Å²) in [5.74, 6) is 2.66. The molecule has 1 unspecified atom stereocenters. The fraction of sp³-hybridized carbons (Fsp3) is 0.591. The van der Waals surface area contributed by atoms with E-state index in [0.29, 0.717) is 18.3 Å². The van der Waals surface area contributed by atoms with Gasteiger partial charge in [0.15, 0.2) is 6.61 Å². The molecule has 3 fully saturated rings. The third-order valence-corrected chi connectivity index (χ3v) is 6.76. The van der Waals surface area contributed by atoms with Crippen molar-refractivity contribution in [2.45, 2.75) is 37.6 Å². The molecule has 8 nitrogen and oxygen atoms in total. The van der Waals surface area contributed by atoms with Gasteiger partial charge in [0.25, 0.3) is 5.91 Å². The smallest absolute Gasteiger partial charge is 0.260 e.